The molecule has 1 amide bonds. The molecule has 0 aliphatic heterocycles. The molecule has 1 aromatic heterocycles. The summed E-state index contributed by atoms with van der Waals surface area (Å²) in [4.78, 5) is 23.1. The van der Waals surface area contributed by atoms with Crippen molar-refractivity contribution in [3.8, 4) is 0 Å². The number of para-hydroxylation sites is 1. The number of nitrogens with one attached hydrogen (secondary N) is 1. The minimum Gasteiger partial charge on any atom is -0.321 e. The summed E-state index contributed by atoms with van der Waals surface area (Å²) in [5.41, 5.74) is 4.01. The predicted octanol–water partition coefficient (Wildman–Crippen LogP) is 3.95. The Bertz CT molecular complexity index is 1210. The maximum atomic E-state index is 12.5. The molecule has 0 unspecified atom stereocenters. The number of nitro benzene ring substituents is 1. The highest BCUT2D eigenvalue weighted by atomic mass is 16.6. The molecule has 29 heavy (non-hydrogen) atoms. The number of aromatic nitrogens is 3. The molecule has 4 rings (SSSR count). The summed E-state index contributed by atoms with van der Waals surface area (Å²) in [6.07, 6.45) is 0. The Morgan fingerprint density at radius 3 is 2.59 bits per heavy atom. The van der Waals surface area contributed by atoms with Gasteiger partial charge in [-0.05, 0) is 42.8 Å². The van der Waals surface area contributed by atoms with Crippen LogP contribution >= 0.6 is 0 Å². The molecule has 3 aromatic carbocycles. The number of amides is 1. The van der Waals surface area contributed by atoms with Gasteiger partial charge in [-0.25, -0.2) is 4.68 Å². The number of rotatable bonds is 5. The lowest BCUT2D eigenvalue weighted by atomic mass is 10.1. The van der Waals surface area contributed by atoms with Gasteiger partial charge in [-0.2, -0.15) is 0 Å². The van der Waals surface area contributed by atoms with E-state index in [2.05, 4.69) is 15.6 Å². The maximum Gasteiger partial charge on any atom is 0.274 e. The highest BCUT2D eigenvalue weighted by Crippen LogP contribution is 2.25. The standard InChI is InChI=1S/C21H17N5O3/c1-14-17(6-4-8-19(14)26(28)29)22-21(27)16-11-9-15(10-12-16)13-25-20-7-3-2-5-18(20)23-24-25/h2-12H,13H2,1H3,(H,22,27). The van der Waals surface area contributed by atoms with Crippen molar-refractivity contribution in [3.05, 3.63) is 93.5 Å². The van der Waals surface area contributed by atoms with Gasteiger partial charge in [0.2, 0.25) is 0 Å². The molecule has 4 aromatic rings. The van der Waals surface area contributed by atoms with E-state index < -0.39 is 4.92 Å². The summed E-state index contributed by atoms with van der Waals surface area (Å²) in [6.45, 7) is 2.14. The van der Waals surface area contributed by atoms with E-state index in [-0.39, 0.29) is 11.6 Å². The number of carbonyl (C=O) groups is 1. The zero-order valence-electron chi connectivity index (χ0n) is 15.6. The first-order chi connectivity index (χ1) is 14.0. The van der Waals surface area contributed by atoms with E-state index in [4.69, 9.17) is 0 Å². The van der Waals surface area contributed by atoms with Crippen LogP contribution in [0.5, 0.6) is 0 Å². The van der Waals surface area contributed by atoms with E-state index in [1.54, 1.807) is 35.9 Å². The number of carbonyl (C=O) groups excluding carboxylic acids is 1. The highest BCUT2D eigenvalue weighted by molar-refractivity contribution is 6.04. The van der Waals surface area contributed by atoms with Crippen molar-refractivity contribution in [1.82, 2.24) is 15.0 Å². The third-order valence-electron chi connectivity index (χ3n) is 4.72. The van der Waals surface area contributed by atoms with Crippen molar-refractivity contribution in [1.29, 1.82) is 0 Å². The fraction of sp³-hybridized carbons (Fsp3) is 0.0952. The molecule has 0 saturated heterocycles. The van der Waals surface area contributed by atoms with Gasteiger partial charge in [0.15, 0.2) is 0 Å². The number of nitro groups is 1. The van der Waals surface area contributed by atoms with Gasteiger partial charge in [-0.1, -0.05) is 35.5 Å². The van der Waals surface area contributed by atoms with Crippen LogP contribution in [0.4, 0.5) is 11.4 Å². The molecule has 0 atom stereocenters. The molecular formula is C21H17N5O3. The topological polar surface area (TPSA) is 103 Å². The average molecular weight is 387 g/mol. The Morgan fingerprint density at radius 2 is 1.83 bits per heavy atom. The maximum absolute atomic E-state index is 12.5. The number of nitrogens with zero attached hydrogens (tertiary/aromatic N) is 4. The van der Waals surface area contributed by atoms with Gasteiger partial charge in [-0.15, -0.1) is 5.10 Å². The van der Waals surface area contributed by atoms with Crippen molar-refractivity contribution >= 4 is 28.3 Å². The summed E-state index contributed by atoms with van der Waals surface area (Å²) in [5.74, 6) is -0.327. The lowest BCUT2D eigenvalue weighted by Gasteiger charge is -2.09. The first-order valence-electron chi connectivity index (χ1n) is 8.95. The van der Waals surface area contributed by atoms with E-state index in [9.17, 15) is 14.9 Å². The Kier molecular flexibility index (Phi) is 4.74. The van der Waals surface area contributed by atoms with E-state index >= 15 is 0 Å². The fourth-order valence-electron chi connectivity index (χ4n) is 3.12. The molecule has 144 valence electrons. The van der Waals surface area contributed by atoms with Gasteiger partial charge in [0.1, 0.15) is 5.52 Å². The van der Waals surface area contributed by atoms with Gasteiger partial charge in [0, 0.05) is 11.6 Å². The average Bonchev–Trinajstić information content (AvgIpc) is 3.13. The third-order valence-corrected chi connectivity index (χ3v) is 4.72. The van der Waals surface area contributed by atoms with Crippen LogP contribution in [-0.2, 0) is 6.54 Å². The number of hydrogen-bond donors (Lipinski definition) is 1. The first-order valence-corrected chi connectivity index (χ1v) is 8.95. The van der Waals surface area contributed by atoms with E-state index in [0.717, 1.165) is 16.6 Å². The van der Waals surface area contributed by atoms with Crippen LogP contribution in [0.15, 0.2) is 66.7 Å². The van der Waals surface area contributed by atoms with Crippen LogP contribution in [0.25, 0.3) is 11.0 Å². The first kappa shape index (κ1) is 18.3. The second-order valence-electron chi connectivity index (χ2n) is 6.59. The quantitative estimate of drug-likeness (QED) is 0.413. The zero-order valence-corrected chi connectivity index (χ0v) is 15.6. The Balaban J connectivity index is 1.50. The molecule has 8 heteroatoms. The summed E-state index contributed by atoms with van der Waals surface area (Å²) in [5, 5.41) is 22.1. The minimum atomic E-state index is -0.465. The summed E-state index contributed by atoms with van der Waals surface area (Å²) in [7, 11) is 0. The van der Waals surface area contributed by atoms with Gasteiger partial charge in [-0.3, -0.25) is 14.9 Å². The molecule has 0 saturated carbocycles. The van der Waals surface area contributed by atoms with Crippen LogP contribution in [0, 0.1) is 17.0 Å². The molecule has 1 heterocycles. The molecule has 1 N–H and O–H groups in total. The lowest BCUT2D eigenvalue weighted by molar-refractivity contribution is -0.385. The normalized spacial score (nSPS) is 10.8. The second-order valence-corrected chi connectivity index (χ2v) is 6.59. The number of fused-ring (bicyclic) bond motifs is 1. The molecule has 0 radical (unpaired) electrons. The summed E-state index contributed by atoms with van der Waals surface area (Å²) >= 11 is 0. The Hall–Kier alpha value is -4.07. The molecule has 0 bridgehead atoms. The van der Waals surface area contributed by atoms with Crippen LogP contribution in [0.1, 0.15) is 21.5 Å². The van der Waals surface area contributed by atoms with Crippen molar-refractivity contribution in [2.45, 2.75) is 13.5 Å². The number of anilines is 1. The van der Waals surface area contributed by atoms with Crippen molar-refractivity contribution in [3.63, 3.8) is 0 Å². The highest BCUT2D eigenvalue weighted by Gasteiger charge is 2.15. The summed E-state index contributed by atoms with van der Waals surface area (Å²) < 4.78 is 1.80. The van der Waals surface area contributed by atoms with E-state index in [1.807, 2.05) is 36.4 Å². The number of hydrogen-bond acceptors (Lipinski definition) is 5. The van der Waals surface area contributed by atoms with E-state index in [1.165, 1.54) is 6.07 Å². The van der Waals surface area contributed by atoms with Gasteiger partial charge in [0.25, 0.3) is 11.6 Å². The molecule has 0 fully saturated rings. The third kappa shape index (κ3) is 3.68. The Morgan fingerprint density at radius 1 is 1.07 bits per heavy atom. The molecule has 0 aliphatic carbocycles. The molecule has 0 aliphatic rings. The Labute approximate surface area is 165 Å². The molecular weight excluding hydrogens is 370 g/mol. The smallest absolute Gasteiger partial charge is 0.274 e. The van der Waals surface area contributed by atoms with Crippen molar-refractivity contribution < 1.29 is 9.72 Å². The SMILES string of the molecule is Cc1c(NC(=O)c2ccc(Cn3nnc4ccccc43)cc2)cccc1[N+](=O)[O-]. The van der Waals surface area contributed by atoms with Crippen molar-refractivity contribution in [2.75, 3.05) is 5.32 Å². The fourth-order valence-corrected chi connectivity index (χ4v) is 3.12. The monoisotopic (exact) mass is 387 g/mol. The minimum absolute atomic E-state index is 0.0294. The predicted molar refractivity (Wildman–Crippen MR) is 109 cm³/mol. The van der Waals surface area contributed by atoms with Crippen LogP contribution in [-0.4, -0.2) is 25.8 Å². The van der Waals surface area contributed by atoms with Crippen LogP contribution < -0.4 is 5.32 Å². The van der Waals surface area contributed by atoms with Crippen LogP contribution in [0.2, 0.25) is 0 Å². The van der Waals surface area contributed by atoms with Gasteiger partial charge < -0.3 is 5.32 Å². The van der Waals surface area contributed by atoms with Gasteiger partial charge >= 0.3 is 0 Å². The number of benzene rings is 3. The second kappa shape index (κ2) is 7.51. The zero-order chi connectivity index (χ0) is 20.4. The lowest BCUT2D eigenvalue weighted by Crippen LogP contribution is -2.13. The van der Waals surface area contributed by atoms with Crippen molar-refractivity contribution in [2.24, 2.45) is 0 Å². The van der Waals surface area contributed by atoms with E-state index in [0.29, 0.717) is 23.4 Å². The largest absolute Gasteiger partial charge is 0.321 e. The van der Waals surface area contributed by atoms with Crippen LogP contribution in [0.3, 0.4) is 0 Å². The molecule has 8 nitrogen and oxygen atoms in total. The summed E-state index contributed by atoms with van der Waals surface area (Å²) in [6, 6.07) is 19.5. The van der Waals surface area contributed by atoms with Gasteiger partial charge in [0.05, 0.1) is 28.2 Å². The molecule has 0 spiro atoms.